The Morgan fingerprint density at radius 1 is 1.25 bits per heavy atom. The summed E-state index contributed by atoms with van der Waals surface area (Å²) in [6, 6.07) is 5.54. The summed E-state index contributed by atoms with van der Waals surface area (Å²) in [6.07, 6.45) is 1.38. The Balaban J connectivity index is 2.19. The zero-order valence-electron chi connectivity index (χ0n) is 13.6. The first-order chi connectivity index (χ1) is 11.7. The smallest absolute Gasteiger partial charge is 0.164 e. The number of fused-ring (bicyclic) bond motifs is 1. The number of methoxy groups -OCH3 is 1. The molecule has 0 spiro atoms. The van der Waals surface area contributed by atoms with Crippen molar-refractivity contribution in [2.75, 3.05) is 26.1 Å². The molecule has 2 heterocycles. The number of benzene rings is 1. The highest BCUT2D eigenvalue weighted by atomic mass is 16.5. The van der Waals surface area contributed by atoms with Crippen molar-refractivity contribution >= 4 is 16.9 Å². The van der Waals surface area contributed by atoms with Crippen LogP contribution < -0.4 is 15.2 Å². The van der Waals surface area contributed by atoms with Crippen LogP contribution >= 0.6 is 0 Å². The molecule has 8 nitrogen and oxygen atoms in total. The van der Waals surface area contributed by atoms with Crippen LogP contribution in [-0.2, 0) is 6.54 Å². The maximum Gasteiger partial charge on any atom is 0.164 e. The van der Waals surface area contributed by atoms with Crippen LogP contribution in [-0.4, -0.2) is 45.2 Å². The number of ether oxygens (including phenoxy) is 2. The molecule has 0 aliphatic carbocycles. The van der Waals surface area contributed by atoms with E-state index < -0.39 is 0 Å². The first-order valence-corrected chi connectivity index (χ1v) is 7.58. The van der Waals surface area contributed by atoms with E-state index in [1.165, 1.54) is 6.33 Å². The number of hydrogen-bond acceptors (Lipinski definition) is 7. The highest BCUT2D eigenvalue weighted by Gasteiger charge is 2.18. The average molecular weight is 329 g/mol. The van der Waals surface area contributed by atoms with E-state index in [0.29, 0.717) is 47.2 Å². The molecule has 0 saturated carbocycles. The first kappa shape index (κ1) is 16.0. The predicted octanol–water partition coefficient (Wildman–Crippen LogP) is 1.48. The van der Waals surface area contributed by atoms with Crippen molar-refractivity contribution in [1.82, 2.24) is 19.7 Å². The number of nitrogen functional groups attached to an aromatic ring is 1. The Morgan fingerprint density at radius 2 is 2.08 bits per heavy atom. The molecule has 0 atom stereocenters. The summed E-state index contributed by atoms with van der Waals surface area (Å²) < 4.78 is 12.6. The van der Waals surface area contributed by atoms with Crippen LogP contribution in [0.1, 0.15) is 6.92 Å². The van der Waals surface area contributed by atoms with Gasteiger partial charge in [0.25, 0.3) is 0 Å². The molecule has 2 aromatic heterocycles. The molecule has 0 radical (unpaired) electrons. The largest absolute Gasteiger partial charge is 0.493 e. The molecule has 8 heteroatoms. The fourth-order valence-electron chi connectivity index (χ4n) is 2.57. The second-order valence-electron chi connectivity index (χ2n) is 5.05. The van der Waals surface area contributed by atoms with E-state index in [2.05, 4.69) is 15.1 Å². The maximum absolute atomic E-state index is 9.23. The highest BCUT2D eigenvalue weighted by Crippen LogP contribution is 2.35. The number of nitrogens with two attached hydrogens (primary N) is 1. The molecule has 0 fully saturated rings. The van der Waals surface area contributed by atoms with Crippen molar-refractivity contribution < 1.29 is 14.6 Å². The fraction of sp³-hybridized carbons (Fsp3) is 0.312. The Bertz CT molecular complexity index is 862. The van der Waals surface area contributed by atoms with E-state index >= 15 is 0 Å². The molecule has 0 amide bonds. The molecule has 3 rings (SSSR count). The normalized spacial score (nSPS) is 11.0. The summed E-state index contributed by atoms with van der Waals surface area (Å²) in [5.41, 5.74) is 8.05. The highest BCUT2D eigenvalue weighted by molar-refractivity contribution is 5.98. The Morgan fingerprint density at radius 3 is 2.79 bits per heavy atom. The number of aliphatic hydroxyl groups excluding tert-OH is 1. The molecular weight excluding hydrogens is 310 g/mol. The standard InChI is InChI=1S/C16H19N5O3/c1-3-24-11-5-4-10(8-12(11)23-2)14-13-15(17)18-9-19-16(13)21(20-14)6-7-22/h4-5,8-9,22H,3,6-7H2,1-2H3,(H2,17,18,19). The molecule has 0 saturated heterocycles. The van der Waals surface area contributed by atoms with Gasteiger partial charge in [-0.3, -0.25) is 0 Å². The van der Waals surface area contributed by atoms with Gasteiger partial charge in [0, 0.05) is 5.56 Å². The molecule has 1 aromatic carbocycles. The minimum absolute atomic E-state index is 0.0489. The lowest BCUT2D eigenvalue weighted by Gasteiger charge is -2.10. The van der Waals surface area contributed by atoms with Crippen LogP contribution in [0.15, 0.2) is 24.5 Å². The summed E-state index contributed by atoms with van der Waals surface area (Å²) in [7, 11) is 1.58. The number of anilines is 1. The monoisotopic (exact) mass is 329 g/mol. The van der Waals surface area contributed by atoms with Gasteiger partial charge in [0.2, 0.25) is 0 Å². The van der Waals surface area contributed by atoms with E-state index in [9.17, 15) is 5.11 Å². The molecule has 0 aliphatic heterocycles. The van der Waals surface area contributed by atoms with E-state index in [-0.39, 0.29) is 6.61 Å². The van der Waals surface area contributed by atoms with Crippen molar-refractivity contribution in [3.63, 3.8) is 0 Å². The van der Waals surface area contributed by atoms with Gasteiger partial charge < -0.3 is 20.3 Å². The van der Waals surface area contributed by atoms with E-state index in [1.54, 1.807) is 11.8 Å². The van der Waals surface area contributed by atoms with Gasteiger partial charge in [-0.15, -0.1) is 0 Å². The minimum atomic E-state index is -0.0489. The molecule has 24 heavy (non-hydrogen) atoms. The van der Waals surface area contributed by atoms with Gasteiger partial charge in [-0.05, 0) is 25.1 Å². The summed E-state index contributed by atoms with van der Waals surface area (Å²) in [5.74, 6) is 1.61. The Labute approximate surface area is 138 Å². The van der Waals surface area contributed by atoms with E-state index in [0.717, 1.165) is 5.56 Å². The topological polar surface area (TPSA) is 108 Å². The summed E-state index contributed by atoms with van der Waals surface area (Å²) >= 11 is 0. The Kier molecular flexibility index (Phi) is 4.48. The van der Waals surface area contributed by atoms with Gasteiger partial charge in [-0.1, -0.05) is 0 Å². The lowest BCUT2D eigenvalue weighted by atomic mass is 10.1. The lowest BCUT2D eigenvalue weighted by molar-refractivity contribution is 0.271. The summed E-state index contributed by atoms with van der Waals surface area (Å²) in [5, 5.41) is 14.4. The van der Waals surface area contributed by atoms with Crippen molar-refractivity contribution in [1.29, 1.82) is 0 Å². The second kappa shape index (κ2) is 6.71. The van der Waals surface area contributed by atoms with Gasteiger partial charge in [0.15, 0.2) is 17.1 Å². The van der Waals surface area contributed by atoms with Crippen LogP contribution in [0.4, 0.5) is 5.82 Å². The SMILES string of the molecule is CCOc1ccc(-c2nn(CCO)c3ncnc(N)c23)cc1OC. The van der Waals surface area contributed by atoms with Crippen molar-refractivity contribution in [3.05, 3.63) is 24.5 Å². The minimum Gasteiger partial charge on any atom is -0.493 e. The van der Waals surface area contributed by atoms with Gasteiger partial charge in [0.05, 0.1) is 32.3 Å². The maximum atomic E-state index is 9.23. The van der Waals surface area contributed by atoms with Gasteiger partial charge in [-0.2, -0.15) is 5.10 Å². The van der Waals surface area contributed by atoms with Crippen molar-refractivity contribution in [3.8, 4) is 22.8 Å². The van der Waals surface area contributed by atoms with Crippen LogP contribution in [0.5, 0.6) is 11.5 Å². The van der Waals surface area contributed by atoms with E-state index in [1.807, 2.05) is 25.1 Å². The average Bonchev–Trinajstić information content (AvgIpc) is 2.96. The second-order valence-corrected chi connectivity index (χ2v) is 5.05. The number of aliphatic hydroxyl groups is 1. The van der Waals surface area contributed by atoms with Gasteiger partial charge in [0.1, 0.15) is 17.8 Å². The summed E-state index contributed by atoms with van der Waals surface area (Å²) in [6.45, 7) is 2.73. The third-order valence-corrected chi connectivity index (χ3v) is 3.61. The lowest BCUT2D eigenvalue weighted by Crippen LogP contribution is -2.05. The van der Waals surface area contributed by atoms with Crippen LogP contribution in [0.3, 0.4) is 0 Å². The first-order valence-electron chi connectivity index (χ1n) is 7.58. The molecular formula is C16H19N5O3. The molecule has 0 unspecified atom stereocenters. The molecule has 126 valence electrons. The van der Waals surface area contributed by atoms with Crippen LogP contribution in [0.2, 0.25) is 0 Å². The number of nitrogens with zero attached hydrogens (tertiary/aromatic N) is 4. The summed E-state index contributed by atoms with van der Waals surface area (Å²) in [4.78, 5) is 8.29. The zero-order chi connectivity index (χ0) is 17.1. The number of hydrogen-bond donors (Lipinski definition) is 2. The van der Waals surface area contributed by atoms with Gasteiger partial charge >= 0.3 is 0 Å². The van der Waals surface area contributed by atoms with Crippen LogP contribution in [0, 0.1) is 0 Å². The van der Waals surface area contributed by atoms with Crippen LogP contribution in [0.25, 0.3) is 22.3 Å². The zero-order valence-corrected chi connectivity index (χ0v) is 13.6. The van der Waals surface area contributed by atoms with Gasteiger partial charge in [-0.25, -0.2) is 14.6 Å². The molecule has 3 N–H and O–H groups in total. The number of aromatic nitrogens is 4. The van der Waals surface area contributed by atoms with E-state index in [4.69, 9.17) is 15.2 Å². The molecule has 0 bridgehead atoms. The predicted molar refractivity (Wildman–Crippen MR) is 90.0 cm³/mol. The number of rotatable bonds is 6. The molecule has 0 aliphatic rings. The fourth-order valence-corrected chi connectivity index (χ4v) is 2.57. The molecule has 3 aromatic rings. The third-order valence-electron chi connectivity index (χ3n) is 3.61. The van der Waals surface area contributed by atoms with Crippen molar-refractivity contribution in [2.24, 2.45) is 0 Å². The quantitative estimate of drug-likeness (QED) is 0.705. The third kappa shape index (κ3) is 2.71. The Hall–Kier alpha value is -2.87. The van der Waals surface area contributed by atoms with Crippen molar-refractivity contribution in [2.45, 2.75) is 13.5 Å².